The molecule has 18 heavy (non-hydrogen) atoms. The zero-order chi connectivity index (χ0) is 13.4. The molecule has 1 N–H and O–H groups in total. The highest BCUT2D eigenvalue weighted by molar-refractivity contribution is 9.10. The van der Waals surface area contributed by atoms with Crippen LogP contribution in [0.25, 0.3) is 0 Å². The number of nitrogens with one attached hydrogen (secondary N) is 1. The van der Waals surface area contributed by atoms with Gasteiger partial charge in [-0.05, 0) is 18.1 Å². The number of rotatable bonds is 8. The maximum absolute atomic E-state index is 6.01. The van der Waals surface area contributed by atoms with E-state index in [9.17, 15) is 0 Å². The molecule has 0 spiro atoms. The lowest BCUT2D eigenvalue weighted by molar-refractivity contribution is 0.0334. The molecular weight excluding hydrogens is 290 g/mol. The van der Waals surface area contributed by atoms with Crippen molar-refractivity contribution in [3.05, 3.63) is 34.3 Å². The van der Waals surface area contributed by atoms with Crippen molar-refractivity contribution >= 4 is 15.9 Å². The zero-order valence-corrected chi connectivity index (χ0v) is 13.2. The monoisotopic (exact) mass is 313 g/mol. The summed E-state index contributed by atoms with van der Waals surface area (Å²) in [6.45, 7) is 8.12. The van der Waals surface area contributed by atoms with Crippen LogP contribution in [0.4, 0.5) is 0 Å². The van der Waals surface area contributed by atoms with E-state index >= 15 is 0 Å². The first-order chi connectivity index (χ1) is 8.63. The Kier molecular flexibility index (Phi) is 7.56. The summed E-state index contributed by atoms with van der Waals surface area (Å²) in [5.74, 6) is 0. The van der Waals surface area contributed by atoms with E-state index in [-0.39, 0.29) is 0 Å². The first kappa shape index (κ1) is 15.7. The van der Waals surface area contributed by atoms with Crippen LogP contribution >= 0.6 is 15.9 Å². The summed E-state index contributed by atoms with van der Waals surface area (Å²) in [7, 11) is 0. The van der Waals surface area contributed by atoms with E-state index < -0.39 is 0 Å². The molecule has 3 heteroatoms. The quantitative estimate of drug-likeness (QED) is 0.779. The van der Waals surface area contributed by atoms with Gasteiger partial charge in [-0.25, -0.2) is 0 Å². The highest BCUT2D eigenvalue weighted by Gasteiger charge is 2.09. The van der Waals surface area contributed by atoms with Crippen molar-refractivity contribution in [1.29, 1.82) is 0 Å². The minimum atomic E-state index is 0.296. The first-order valence-electron chi connectivity index (χ1n) is 6.71. The topological polar surface area (TPSA) is 21.3 Å². The van der Waals surface area contributed by atoms with Gasteiger partial charge in [-0.2, -0.15) is 0 Å². The molecule has 1 unspecified atom stereocenters. The Balaban J connectivity index is 2.44. The molecule has 0 saturated carbocycles. The molecule has 0 aliphatic carbocycles. The van der Waals surface area contributed by atoms with E-state index in [0.717, 1.165) is 23.9 Å². The predicted molar refractivity (Wildman–Crippen MR) is 80.8 cm³/mol. The molecule has 1 aromatic rings. The smallest absolute Gasteiger partial charge is 0.0732 e. The number of hydrogen-bond donors (Lipinski definition) is 1. The average molecular weight is 314 g/mol. The SMILES string of the molecule is CCCC(CNC(C)C)OCc1ccccc1Br. The van der Waals surface area contributed by atoms with Crippen molar-refractivity contribution in [3.8, 4) is 0 Å². The lowest BCUT2D eigenvalue weighted by Crippen LogP contribution is -2.33. The van der Waals surface area contributed by atoms with E-state index in [1.807, 2.05) is 12.1 Å². The Hall–Kier alpha value is -0.380. The highest BCUT2D eigenvalue weighted by atomic mass is 79.9. The molecular formula is C15H24BrNO. The summed E-state index contributed by atoms with van der Waals surface area (Å²) in [6.07, 6.45) is 2.55. The standard InChI is InChI=1S/C15H24BrNO/c1-4-7-14(10-17-12(2)3)18-11-13-8-5-6-9-15(13)16/h5-6,8-9,12,14,17H,4,7,10-11H2,1-3H3. The first-order valence-corrected chi connectivity index (χ1v) is 7.51. The maximum Gasteiger partial charge on any atom is 0.0732 e. The molecule has 2 nitrogen and oxygen atoms in total. The fourth-order valence-electron chi connectivity index (χ4n) is 1.76. The molecule has 0 heterocycles. The number of hydrogen-bond acceptors (Lipinski definition) is 2. The molecule has 102 valence electrons. The lowest BCUT2D eigenvalue weighted by atomic mass is 10.2. The van der Waals surface area contributed by atoms with Gasteiger partial charge in [-0.1, -0.05) is 61.3 Å². The van der Waals surface area contributed by atoms with Gasteiger partial charge in [0.25, 0.3) is 0 Å². The molecule has 0 saturated heterocycles. The van der Waals surface area contributed by atoms with Crippen molar-refractivity contribution in [2.24, 2.45) is 0 Å². The van der Waals surface area contributed by atoms with Crippen LogP contribution in [0.1, 0.15) is 39.2 Å². The van der Waals surface area contributed by atoms with E-state index in [0.29, 0.717) is 18.8 Å². The molecule has 1 rings (SSSR count). The summed E-state index contributed by atoms with van der Waals surface area (Å²) in [5.41, 5.74) is 1.21. The van der Waals surface area contributed by atoms with Crippen molar-refractivity contribution in [3.63, 3.8) is 0 Å². The van der Waals surface area contributed by atoms with Crippen LogP contribution < -0.4 is 5.32 Å². The van der Waals surface area contributed by atoms with Crippen molar-refractivity contribution < 1.29 is 4.74 Å². The Labute approximate surface area is 119 Å². The summed E-state index contributed by atoms with van der Waals surface area (Å²) in [6, 6.07) is 8.74. The second kappa shape index (κ2) is 8.68. The van der Waals surface area contributed by atoms with Gasteiger partial charge >= 0.3 is 0 Å². The highest BCUT2D eigenvalue weighted by Crippen LogP contribution is 2.17. The van der Waals surface area contributed by atoms with Crippen molar-refractivity contribution in [1.82, 2.24) is 5.32 Å². The van der Waals surface area contributed by atoms with Gasteiger partial charge in [0.15, 0.2) is 0 Å². The maximum atomic E-state index is 6.01. The minimum absolute atomic E-state index is 0.296. The largest absolute Gasteiger partial charge is 0.372 e. The molecule has 0 aliphatic heterocycles. The molecule has 1 atom stereocenters. The Morgan fingerprint density at radius 1 is 1.28 bits per heavy atom. The summed E-state index contributed by atoms with van der Waals surface area (Å²) < 4.78 is 7.13. The molecule has 0 radical (unpaired) electrons. The second-order valence-corrected chi connectivity index (χ2v) is 5.73. The van der Waals surface area contributed by atoms with Gasteiger partial charge in [0, 0.05) is 17.1 Å². The Bertz CT molecular complexity index is 341. The average Bonchev–Trinajstić information content (AvgIpc) is 2.34. The third-order valence-electron chi connectivity index (χ3n) is 2.80. The van der Waals surface area contributed by atoms with E-state index in [1.165, 1.54) is 5.56 Å². The van der Waals surface area contributed by atoms with Gasteiger partial charge in [-0.3, -0.25) is 0 Å². The lowest BCUT2D eigenvalue weighted by Gasteiger charge is -2.20. The molecule has 0 amide bonds. The van der Waals surface area contributed by atoms with Gasteiger partial charge in [0.05, 0.1) is 12.7 Å². The molecule has 0 fully saturated rings. The van der Waals surface area contributed by atoms with Gasteiger partial charge in [-0.15, -0.1) is 0 Å². The summed E-state index contributed by atoms with van der Waals surface area (Å²) in [4.78, 5) is 0. The third-order valence-corrected chi connectivity index (χ3v) is 3.57. The van der Waals surface area contributed by atoms with Gasteiger partial charge in [0.1, 0.15) is 0 Å². The zero-order valence-electron chi connectivity index (χ0n) is 11.6. The molecule has 0 aromatic heterocycles. The summed E-state index contributed by atoms with van der Waals surface area (Å²) >= 11 is 3.55. The molecule has 0 bridgehead atoms. The minimum Gasteiger partial charge on any atom is -0.372 e. The van der Waals surface area contributed by atoms with E-state index in [2.05, 4.69) is 54.2 Å². The molecule has 1 aromatic carbocycles. The third kappa shape index (κ3) is 5.98. The number of ether oxygens (including phenoxy) is 1. The van der Waals surface area contributed by atoms with Crippen LogP contribution in [0.5, 0.6) is 0 Å². The second-order valence-electron chi connectivity index (χ2n) is 4.88. The summed E-state index contributed by atoms with van der Waals surface area (Å²) in [5, 5.41) is 3.44. The van der Waals surface area contributed by atoms with Crippen LogP contribution in [-0.4, -0.2) is 18.7 Å². The fraction of sp³-hybridized carbons (Fsp3) is 0.600. The Morgan fingerprint density at radius 3 is 2.61 bits per heavy atom. The van der Waals surface area contributed by atoms with Gasteiger partial charge < -0.3 is 10.1 Å². The fourth-order valence-corrected chi connectivity index (χ4v) is 2.16. The van der Waals surface area contributed by atoms with Crippen molar-refractivity contribution in [2.45, 2.75) is 52.4 Å². The van der Waals surface area contributed by atoms with Crippen LogP contribution in [0.2, 0.25) is 0 Å². The van der Waals surface area contributed by atoms with Gasteiger partial charge in [0.2, 0.25) is 0 Å². The predicted octanol–water partition coefficient (Wildman–Crippen LogP) is 4.13. The van der Waals surface area contributed by atoms with E-state index in [1.54, 1.807) is 0 Å². The van der Waals surface area contributed by atoms with Crippen LogP contribution in [0.3, 0.4) is 0 Å². The van der Waals surface area contributed by atoms with Crippen LogP contribution in [0, 0.1) is 0 Å². The van der Waals surface area contributed by atoms with Crippen LogP contribution in [-0.2, 0) is 11.3 Å². The number of benzene rings is 1. The number of halogens is 1. The van der Waals surface area contributed by atoms with Crippen molar-refractivity contribution in [2.75, 3.05) is 6.54 Å². The Morgan fingerprint density at radius 2 is 2.00 bits per heavy atom. The molecule has 0 aliphatic rings. The van der Waals surface area contributed by atoms with Crippen LogP contribution in [0.15, 0.2) is 28.7 Å². The van der Waals surface area contributed by atoms with E-state index in [4.69, 9.17) is 4.74 Å². The normalized spacial score (nSPS) is 12.9.